The molecule has 4 rings (SSSR count). The van der Waals surface area contributed by atoms with Crippen molar-refractivity contribution in [1.82, 2.24) is 14.7 Å². The predicted molar refractivity (Wildman–Crippen MR) is 95.3 cm³/mol. The fourth-order valence-electron chi connectivity index (χ4n) is 3.89. The van der Waals surface area contributed by atoms with Gasteiger partial charge in [-0.05, 0) is 81.3 Å². The number of hydrogen-bond donors (Lipinski definition) is 1. The molecule has 2 aliphatic carbocycles. The van der Waals surface area contributed by atoms with Gasteiger partial charge in [0.1, 0.15) is 5.82 Å². The van der Waals surface area contributed by atoms with Crippen LogP contribution in [0.1, 0.15) is 49.1 Å². The Bertz CT molecular complexity index is 721. The van der Waals surface area contributed by atoms with E-state index < -0.39 is 0 Å². The molecule has 0 spiro atoms. The lowest BCUT2D eigenvalue weighted by atomic mass is 10.2. The monoisotopic (exact) mass is 343 g/mol. The summed E-state index contributed by atoms with van der Waals surface area (Å²) in [6.45, 7) is 2.20. The molecule has 0 radical (unpaired) electrons. The van der Waals surface area contributed by atoms with Gasteiger partial charge in [-0.2, -0.15) is 5.10 Å². The summed E-state index contributed by atoms with van der Waals surface area (Å²) < 4.78 is 15.3. The second-order valence-electron chi connectivity index (χ2n) is 7.25. The standard InChI is InChI=1S/C20H26FN3O/c21-15-6-8-17(9-7-15)24-20-5-3-4-18(20)19(22-24)14-23(16-10-11-16)12-1-2-13-25/h6-9,16,25H,1-5,10-14H2. The molecule has 0 amide bonds. The number of fused-ring (bicyclic) bond motifs is 1. The molecule has 0 saturated heterocycles. The SMILES string of the molecule is OCCCCN(Cc1nn(-c2ccc(F)cc2)c2c1CCC2)C1CC1. The maximum Gasteiger partial charge on any atom is 0.123 e. The van der Waals surface area contributed by atoms with Crippen molar-refractivity contribution in [1.29, 1.82) is 0 Å². The Labute approximate surface area is 148 Å². The number of aliphatic hydroxyl groups excluding tert-OH is 1. The highest BCUT2D eigenvalue weighted by Crippen LogP contribution is 2.32. The van der Waals surface area contributed by atoms with Crippen LogP contribution < -0.4 is 0 Å². The van der Waals surface area contributed by atoms with Crippen LogP contribution in [0, 0.1) is 5.82 Å². The van der Waals surface area contributed by atoms with Crippen LogP contribution in [-0.4, -0.2) is 39.0 Å². The van der Waals surface area contributed by atoms with E-state index in [1.54, 1.807) is 0 Å². The van der Waals surface area contributed by atoms with E-state index in [1.165, 1.54) is 48.3 Å². The topological polar surface area (TPSA) is 41.3 Å². The summed E-state index contributed by atoms with van der Waals surface area (Å²) >= 11 is 0. The quantitative estimate of drug-likeness (QED) is 0.748. The molecule has 1 N–H and O–H groups in total. The van der Waals surface area contributed by atoms with E-state index in [0.717, 1.165) is 44.5 Å². The van der Waals surface area contributed by atoms with Crippen LogP contribution in [0.25, 0.3) is 5.69 Å². The molecule has 0 atom stereocenters. The summed E-state index contributed by atoms with van der Waals surface area (Å²) in [4.78, 5) is 2.53. The van der Waals surface area contributed by atoms with E-state index in [-0.39, 0.29) is 12.4 Å². The van der Waals surface area contributed by atoms with E-state index in [2.05, 4.69) is 4.90 Å². The first-order valence-corrected chi connectivity index (χ1v) is 9.47. The first-order valence-electron chi connectivity index (χ1n) is 9.47. The number of aliphatic hydroxyl groups is 1. The van der Waals surface area contributed by atoms with Gasteiger partial charge in [-0.3, -0.25) is 4.90 Å². The Morgan fingerprint density at radius 2 is 1.96 bits per heavy atom. The summed E-state index contributed by atoms with van der Waals surface area (Å²) in [5.41, 5.74) is 4.83. The number of nitrogens with zero attached hydrogens (tertiary/aromatic N) is 3. The van der Waals surface area contributed by atoms with Gasteiger partial charge in [0.25, 0.3) is 0 Å². The van der Waals surface area contributed by atoms with Gasteiger partial charge in [0.2, 0.25) is 0 Å². The molecule has 1 aromatic heterocycles. The average molecular weight is 343 g/mol. The molecular weight excluding hydrogens is 317 g/mol. The van der Waals surface area contributed by atoms with Crippen molar-refractivity contribution in [2.45, 2.75) is 57.5 Å². The number of aromatic nitrogens is 2. The molecule has 1 fully saturated rings. The summed E-state index contributed by atoms with van der Waals surface area (Å²) in [6, 6.07) is 7.31. The molecular formula is C20H26FN3O. The van der Waals surface area contributed by atoms with Crippen LogP contribution in [0.2, 0.25) is 0 Å². The Balaban J connectivity index is 1.57. The van der Waals surface area contributed by atoms with Crippen LogP contribution in [0.4, 0.5) is 4.39 Å². The lowest BCUT2D eigenvalue weighted by Gasteiger charge is -2.21. The van der Waals surface area contributed by atoms with Crippen LogP contribution >= 0.6 is 0 Å². The maximum absolute atomic E-state index is 13.2. The zero-order chi connectivity index (χ0) is 17.2. The van der Waals surface area contributed by atoms with Crippen LogP contribution in [0.3, 0.4) is 0 Å². The van der Waals surface area contributed by atoms with E-state index in [0.29, 0.717) is 6.04 Å². The number of hydrogen-bond acceptors (Lipinski definition) is 3. The first-order chi connectivity index (χ1) is 12.3. The van der Waals surface area contributed by atoms with Crippen LogP contribution in [0.15, 0.2) is 24.3 Å². The van der Waals surface area contributed by atoms with Crippen molar-refractivity contribution in [2.75, 3.05) is 13.2 Å². The third-order valence-corrected chi connectivity index (χ3v) is 5.35. The van der Waals surface area contributed by atoms with Crippen molar-refractivity contribution < 1.29 is 9.50 Å². The Kier molecular flexibility index (Phi) is 4.86. The highest BCUT2D eigenvalue weighted by molar-refractivity contribution is 5.40. The minimum atomic E-state index is -0.212. The van der Waals surface area contributed by atoms with E-state index in [1.807, 2.05) is 16.8 Å². The number of unbranched alkanes of at least 4 members (excludes halogenated alkanes) is 1. The lowest BCUT2D eigenvalue weighted by molar-refractivity contribution is 0.226. The molecule has 2 aromatic rings. The van der Waals surface area contributed by atoms with Gasteiger partial charge in [-0.15, -0.1) is 0 Å². The molecule has 5 heteroatoms. The maximum atomic E-state index is 13.2. The highest BCUT2D eigenvalue weighted by atomic mass is 19.1. The van der Waals surface area contributed by atoms with Crippen molar-refractivity contribution in [3.8, 4) is 5.69 Å². The highest BCUT2D eigenvalue weighted by Gasteiger charge is 2.31. The Morgan fingerprint density at radius 3 is 2.68 bits per heavy atom. The van der Waals surface area contributed by atoms with Gasteiger partial charge in [0.05, 0.1) is 11.4 Å². The molecule has 1 saturated carbocycles. The third kappa shape index (κ3) is 3.62. The van der Waals surface area contributed by atoms with Gasteiger partial charge in [0.15, 0.2) is 0 Å². The molecule has 134 valence electrons. The smallest absolute Gasteiger partial charge is 0.123 e. The van der Waals surface area contributed by atoms with Gasteiger partial charge in [-0.1, -0.05) is 0 Å². The largest absolute Gasteiger partial charge is 0.396 e. The molecule has 0 aliphatic heterocycles. The predicted octanol–water partition coefficient (Wildman–Crippen LogP) is 3.24. The number of benzene rings is 1. The number of rotatable bonds is 8. The number of halogens is 1. The van der Waals surface area contributed by atoms with Crippen LogP contribution in [0.5, 0.6) is 0 Å². The Hall–Kier alpha value is -1.72. The summed E-state index contributed by atoms with van der Waals surface area (Å²) in [5, 5.41) is 14.0. The summed E-state index contributed by atoms with van der Waals surface area (Å²) in [6.07, 6.45) is 7.78. The van der Waals surface area contributed by atoms with Gasteiger partial charge in [-0.25, -0.2) is 9.07 Å². The normalized spacial score (nSPS) is 16.6. The van der Waals surface area contributed by atoms with Gasteiger partial charge >= 0.3 is 0 Å². The van der Waals surface area contributed by atoms with Crippen molar-refractivity contribution >= 4 is 0 Å². The van der Waals surface area contributed by atoms with E-state index in [9.17, 15) is 4.39 Å². The summed E-state index contributed by atoms with van der Waals surface area (Å²) in [7, 11) is 0. The third-order valence-electron chi connectivity index (χ3n) is 5.35. The molecule has 25 heavy (non-hydrogen) atoms. The molecule has 0 bridgehead atoms. The second kappa shape index (κ2) is 7.26. The zero-order valence-electron chi connectivity index (χ0n) is 14.6. The van der Waals surface area contributed by atoms with E-state index >= 15 is 0 Å². The first kappa shape index (κ1) is 16.7. The zero-order valence-corrected chi connectivity index (χ0v) is 14.6. The molecule has 0 unspecified atom stereocenters. The minimum Gasteiger partial charge on any atom is -0.396 e. The second-order valence-corrected chi connectivity index (χ2v) is 7.25. The van der Waals surface area contributed by atoms with Gasteiger partial charge < -0.3 is 5.11 Å². The van der Waals surface area contributed by atoms with Crippen molar-refractivity contribution in [3.05, 3.63) is 47.0 Å². The lowest BCUT2D eigenvalue weighted by Crippen LogP contribution is -2.27. The fraction of sp³-hybridized carbons (Fsp3) is 0.550. The van der Waals surface area contributed by atoms with E-state index in [4.69, 9.17) is 10.2 Å². The molecule has 1 aromatic carbocycles. The van der Waals surface area contributed by atoms with Crippen LogP contribution in [-0.2, 0) is 19.4 Å². The van der Waals surface area contributed by atoms with Gasteiger partial charge in [0, 0.05) is 24.9 Å². The van der Waals surface area contributed by atoms with Crippen molar-refractivity contribution in [2.24, 2.45) is 0 Å². The molecule has 4 nitrogen and oxygen atoms in total. The average Bonchev–Trinajstić information content (AvgIpc) is 3.25. The Morgan fingerprint density at radius 1 is 1.16 bits per heavy atom. The minimum absolute atomic E-state index is 0.212. The summed E-state index contributed by atoms with van der Waals surface area (Å²) in [5.74, 6) is -0.212. The molecule has 2 aliphatic rings. The fourth-order valence-corrected chi connectivity index (χ4v) is 3.89. The van der Waals surface area contributed by atoms with Crippen molar-refractivity contribution in [3.63, 3.8) is 0 Å². The molecule has 1 heterocycles.